The van der Waals surface area contributed by atoms with Crippen LogP contribution in [0, 0.1) is 21.4 Å². The molecule has 0 aliphatic heterocycles. The quantitative estimate of drug-likeness (QED) is 0.276. The zero-order valence-electron chi connectivity index (χ0n) is 10.4. The van der Waals surface area contributed by atoms with E-state index in [1.54, 1.807) is 12.1 Å². The summed E-state index contributed by atoms with van der Waals surface area (Å²) in [6.07, 6.45) is 2.61. The van der Waals surface area contributed by atoms with Gasteiger partial charge in [-0.3, -0.25) is 14.9 Å². The number of allylic oxidation sites excluding steroid dienone is 1. The van der Waals surface area contributed by atoms with Crippen molar-refractivity contribution >= 4 is 33.5 Å². The summed E-state index contributed by atoms with van der Waals surface area (Å²) >= 11 is 3.07. The standard InChI is InChI=1S/C14H7BrN2O4/c15-11-4-3-9(7-12(11)17(19)20)6-10(8-16)14(18)13-2-1-5-21-13/h1-7H/b10-6+. The number of nitro benzene ring substituents is 1. The summed E-state index contributed by atoms with van der Waals surface area (Å²) in [5, 5.41) is 19.9. The van der Waals surface area contributed by atoms with E-state index in [1.807, 2.05) is 0 Å². The Morgan fingerprint density at radius 3 is 2.76 bits per heavy atom. The van der Waals surface area contributed by atoms with Gasteiger partial charge in [0.25, 0.3) is 5.69 Å². The summed E-state index contributed by atoms with van der Waals surface area (Å²) in [4.78, 5) is 22.3. The van der Waals surface area contributed by atoms with Crippen molar-refractivity contribution in [3.8, 4) is 6.07 Å². The SMILES string of the molecule is N#C/C(=C\c1ccc(Br)c([N+](=O)[O-])c1)C(=O)c1ccco1. The molecule has 0 unspecified atom stereocenters. The Kier molecular flexibility index (Phi) is 4.30. The molecule has 104 valence electrons. The topological polar surface area (TPSA) is 97.1 Å². The molecule has 1 aromatic heterocycles. The number of rotatable bonds is 4. The Morgan fingerprint density at radius 2 is 2.19 bits per heavy atom. The maximum Gasteiger partial charge on any atom is 0.284 e. The fraction of sp³-hybridized carbons (Fsp3) is 0. The summed E-state index contributed by atoms with van der Waals surface area (Å²) in [6.45, 7) is 0. The fourth-order valence-electron chi connectivity index (χ4n) is 1.62. The highest BCUT2D eigenvalue weighted by atomic mass is 79.9. The normalized spacial score (nSPS) is 11.0. The average molecular weight is 347 g/mol. The highest BCUT2D eigenvalue weighted by Gasteiger charge is 2.16. The molecule has 6 nitrogen and oxygen atoms in total. The first-order chi connectivity index (χ1) is 10.0. The van der Waals surface area contributed by atoms with E-state index in [2.05, 4.69) is 15.9 Å². The smallest absolute Gasteiger partial charge is 0.284 e. The Bertz CT molecular complexity index is 773. The molecule has 1 aromatic carbocycles. The largest absolute Gasteiger partial charge is 0.461 e. The first-order valence-corrected chi connectivity index (χ1v) is 6.46. The van der Waals surface area contributed by atoms with Crippen LogP contribution in [-0.2, 0) is 0 Å². The molecule has 0 saturated carbocycles. The van der Waals surface area contributed by atoms with Crippen molar-refractivity contribution in [3.63, 3.8) is 0 Å². The number of hydrogen-bond donors (Lipinski definition) is 0. The van der Waals surface area contributed by atoms with E-state index in [0.29, 0.717) is 10.0 Å². The maximum atomic E-state index is 12.0. The van der Waals surface area contributed by atoms with Gasteiger partial charge in [0.1, 0.15) is 11.6 Å². The number of ketones is 1. The molecule has 0 fully saturated rings. The Balaban J connectivity index is 2.42. The van der Waals surface area contributed by atoms with Gasteiger partial charge in [0.15, 0.2) is 5.76 Å². The first kappa shape index (κ1) is 14.7. The number of halogens is 1. The Morgan fingerprint density at radius 1 is 1.43 bits per heavy atom. The minimum absolute atomic E-state index is 0.0365. The number of benzene rings is 1. The van der Waals surface area contributed by atoms with Crippen LogP contribution in [-0.4, -0.2) is 10.7 Å². The predicted molar refractivity (Wildman–Crippen MR) is 77.4 cm³/mol. The van der Waals surface area contributed by atoms with Crippen LogP contribution >= 0.6 is 15.9 Å². The number of nitriles is 1. The van der Waals surface area contributed by atoms with Crippen LogP contribution in [0.25, 0.3) is 6.08 Å². The van der Waals surface area contributed by atoms with Gasteiger partial charge < -0.3 is 4.42 Å². The molecule has 0 amide bonds. The van der Waals surface area contributed by atoms with Crippen LogP contribution in [0.1, 0.15) is 16.1 Å². The molecule has 2 rings (SSSR count). The van der Waals surface area contributed by atoms with Gasteiger partial charge in [0.05, 0.1) is 15.7 Å². The van der Waals surface area contributed by atoms with Crippen molar-refractivity contribution in [1.82, 2.24) is 0 Å². The van der Waals surface area contributed by atoms with Gasteiger partial charge in [-0.2, -0.15) is 5.26 Å². The van der Waals surface area contributed by atoms with Crippen molar-refractivity contribution in [1.29, 1.82) is 5.26 Å². The second-order valence-electron chi connectivity index (χ2n) is 3.94. The van der Waals surface area contributed by atoms with Gasteiger partial charge in [-0.15, -0.1) is 0 Å². The van der Waals surface area contributed by atoms with Crippen LogP contribution in [0.4, 0.5) is 5.69 Å². The molecule has 0 saturated heterocycles. The first-order valence-electron chi connectivity index (χ1n) is 5.67. The minimum Gasteiger partial charge on any atom is -0.461 e. The molecule has 0 radical (unpaired) electrons. The van der Waals surface area contributed by atoms with Crippen LogP contribution in [0.2, 0.25) is 0 Å². The molecule has 0 N–H and O–H groups in total. The molecule has 21 heavy (non-hydrogen) atoms. The lowest BCUT2D eigenvalue weighted by Gasteiger charge is -1.99. The van der Waals surface area contributed by atoms with E-state index in [0.717, 1.165) is 0 Å². The van der Waals surface area contributed by atoms with Crippen LogP contribution in [0.3, 0.4) is 0 Å². The van der Waals surface area contributed by atoms with Gasteiger partial charge >= 0.3 is 0 Å². The molecule has 7 heteroatoms. The number of hydrogen-bond acceptors (Lipinski definition) is 5. The van der Waals surface area contributed by atoms with E-state index in [4.69, 9.17) is 9.68 Å². The highest BCUT2D eigenvalue weighted by Crippen LogP contribution is 2.26. The number of Topliss-reactive ketones (excluding diaryl/α,β-unsaturated/α-hetero) is 1. The summed E-state index contributed by atoms with van der Waals surface area (Å²) in [6, 6.07) is 9.06. The third kappa shape index (κ3) is 3.24. The van der Waals surface area contributed by atoms with E-state index < -0.39 is 10.7 Å². The predicted octanol–water partition coefficient (Wildman–Crippen LogP) is 3.74. The molecule has 0 aliphatic rings. The summed E-state index contributed by atoms with van der Waals surface area (Å²) in [5.74, 6) is -0.539. The van der Waals surface area contributed by atoms with E-state index in [9.17, 15) is 14.9 Å². The second kappa shape index (κ2) is 6.15. The number of carbonyl (C=O) groups excluding carboxylic acids is 1. The van der Waals surface area contributed by atoms with E-state index in [-0.39, 0.29) is 17.0 Å². The van der Waals surface area contributed by atoms with Crippen molar-refractivity contribution in [2.45, 2.75) is 0 Å². The zero-order valence-corrected chi connectivity index (χ0v) is 12.0. The van der Waals surface area contributed by atoms with Gasteiger partial charge in [-0.1, -0.05) is 6.07 Å². The summed E-state index contributed by atoms with van der Waals surface area (Å²) in [5.41, 5.74) is 0.0643. The van der Waals surface area contributed by atoms with Crippen LogP contribution in [0.5, 0.6) is 0 Å². The third-order valence-corrected chi connectivity index (χ3v) is 3.26. The van der Waals surface area contributed by atoms with E-state index in [1.165, 1.54) is 36.6 Å². The monoisotopic (exact) mass is 346 g/mol. The van der Waals surface area contributed by atoms with Gasteiger partial charge in [-0.05, 0) is 45.8 Å². The highest BCUT2D eigenvalue weighted by molar-refractivity contribution is 9.10. The fourth-order valence-corrected chi connectivity index (χ4v) is 2.01. The van der Waals surface area contributed by atoms with Crippen LogP contribution in [0.15, 0.2) is 51.1 Å². The molecular formula is C14H7BrN2O4. The molecule has 0 atom stereocenters. The number of carbonyl (C=O) groups is 1. The minimum atomic E-state index is -0.576. The van der Waals surface area contributed by atoms with Crippen molar-refractivity contribution < 1.29 is 14.1 Å². The lowest BCUT2D eigenvalue weighted by Crippen LogP contribution is -2.00. The molecule has 0 aliphatic carbocycles. The second-order valence-corrected chi connectivity index (χ2v) is 4.80. The third-order valence-electron chi connectivity index (χ3n) is 2.59. The summed E-state index contributed by atoms with van der Waals surface area (Å²) < 4.78 is 5.26. The van der Waals surface area contributed by atoms with Gasteiger partial charge in [-0.25, -0.2) is 0 Å². The summed E-state index contributed by atoms with van der Waals surface area (Å²) in [7, 11) is 0. The van der Waals surface area contributed by atoms with E-state index >= 15 is 0 Å². The molecule has 0 spiro atoms. The van der Waals surface area contributed by atoms with Crippen LogP contribution < -0.4 is 0 Å². The maximum absolute atomic E-state index is 12.0. The number of nitro groups is 1. The molecule has 1 heterocycles. The lowest BCUT2D eigenvalue weighted by molar-refractivity contribution is -0.385. The van der Waals surface area contributed by atoms with Gasteiger partial charge in [0, 0.05) is 6.07 Å². The van der Waals surface area contributed by atoms with Crippen molar-refractivity contribution in [2.75, 3.05) is 0 Å². The number of furan rings is 1. The van der Waals surface area contributed by atoms with Crippen molar-refractivity contribution in [3.05, 3.63) is 68.1 Å². The molecule has 0 bridgehead atoms. The molecular weight excluding hydrogens is 340 g/mol. The lowest BCUT2D eigenvalue weighted by atomic mass is 10.1. The average Bonchev–Trinajstić information content (AvgIpc) is 2.99. The Hall–Kier alpha value is -2.72. The molecule has 2 aromatic rings. The van der Waals surface area contributed by atoms with Crippen molar-refractivity contribution in [2.24, 2.45) is 0 Å². The Labute approximate surface area is 127 Å². The number of nitrogens with zero attached hydrogens (tertiary/aromatic N) is 2. The van der Waals surface area contributed by atoms with Gasteiger partial charge in [0.2, 0.25) is 5.78 Å². The zero-order chi connectivity index (χ0) is 15.4.